The molecular weight excluding hydrogens is 337 g/mol. The van der Waals surface area contributed by atoms with Crippen LogP contribution >= 0.6 is 15.9 Å². The van der Waals surface area contributed by atoms with E-state index in [1.165, 1.54) is 6.07 Å². The van der Waals surface area contributed by atoms with E-state index in [1.54, 1.807) is 12.1 Å². The topological polar surface area (TPSA) is 61.0 Å². The zero-order valence-corrected chi connectivity index (χ0v) is 13.6. The van der Waals surface area contributed by atoms with Gasteiger partial charge in [-0.05, 0) is 36.6 Å². The normalized spacial score (nSPS) is 10.7. The van der Waals surface area contributed by atoms with Gasteiger partial charge in [-0.2, -0.15) is 5.10 Å². The van der Waals surface area contributed by atoms with Crippen LogP contribution in [0.25, 0.3) is 0 Å². The van der Waals surface area contributed by atoms with E-state index in [9.17, 15) is 4.39 Å². The highest BCUT2D eigenvalue weighted by molar-refractivity contribution is 9.10. The fourth-order valence-corrected chi connectivity index (χ4v) is 2.52. The Morgan fingerprint density at radius 2 is 1.95 bits per heavy atom. The monoisotopic (exact) mass is 353 g/mol. The van der Waals surface area contributed by atoms with Gasteiger partial charge in [0, 0.05) is 16.6 Å². The van der Waals surface area contributed by atoms with Crippen LogP contribution in [0, 0.1) is 5.82 Å². The van der Waals surface area contributed by atoms with Gasteiger partial charge in [-0.15, -0.1) is 5.10 Å². The number of nitrogens with zero attached hydrogens (tertiary/aromatic N) is 2. The minimum Gasteiger partial charge on any atom is -0.434 e. The van der Waals surface area contributed by atoms with Gasteiger partial charge < -0.3 is 10.5 Å². The van der Waals surface area contributed by atoms with Gasteiger partial charge >= 0.3 is 0 Å². The predicted octanol–water partition coefficient (Wildman–Crippen LogP) is 3.75. The third-order valence-corrected chi connectivity index (χ3v) is 3.72. The molecule has 0 fully saturated rings. The fraction of sp³-hybridized carbons (Fsp3) is 0.333. The number of hydrogen-bond acceptors (Lipinski definition) is 4. The minimum absolute atomic E-state index is 0.105. The van der Waals surface area contributed by atoms with Crippen LogP contribution in [0.2, 0.25) is 0 Å². The Bertz CT molecular complexity index is 649. The molecule has 0 saturated heterocycles. The summed E-state index contributed by atoms with van der Waals surface area (Å²) in [6, 6.07) is 4.59. The lowest BCUT2D eigenvalue weighted by molar-refractivity contribution is 0.414. The van der Waals surface area contributed by atoms with E-state index in [0.29, 0.717) is 4.47 Å². The molecule has 6 heteroatoms. The van der Waals surface area contributed by atoms with E-state index in [0.717, 1.165) is 29.7 Å². The molecule has 0 aliphatic rings. The van der Waals surface area contributed by atoms with Crippen molar-refractivity contribution in [1.82, 2.24) is 10.2 Å². The molecule has 1 aromatic carbocycles. The highest BCUT2D eigenvalue weighted by Crippen LogP contribution is 2.29. The van der Waals surface area contributed by atoms with Gasteiger partial charge in [0.25, 0.3) is 0 Å². The number of rotatable bonds is 5. The van der Waals surface area contributed by atoms with Crippen LogP contribution in [-0.2, 0) is 19.4 Å². The summed E-state index contributed by atoms with van der Waals surface area (Å²) in [6.07, 6.45) is 1.56. The third kappa shape index (κ3) is 3.39. The Morgan fingerprint density at radius 3 is 2.52 bits per heavy atom. The number of aromatic nitrogens is 2. The highest BCUT2D eigenvalue weighted by atomic mass is 79.9. The molecule has 0 aliphatic carbocycles. The van der Waals surface area contributed by atoms with Crippen molar-refractivity contribution in [1.29, 1.82) is 0 Å². The molecule has 0 bridgehead atoms. The molecule has 0 aliphatic heterocycles. The average Bonchev–Trinajstić information content (AvgIpc) is 2.49. The van der Waals surface area contributed by atoms with Crippen LogP contribution in [0.15, 0.2) is 22.7 Å². The second-order valence-electron chi connectivity index (χ2n) is 4.50. The lowest BCUT2D eigenvalue weighted by Gasteiger charge is -2.14. The van der Waals surface area contributed by atoms with E-state index >= 15 is 0 Å². The van der Waals surface area contributed by atoms with Gasteiger partial charge in [0.1, 0.15) is 0 Å². The number of ether oxygens (including phenoxy) is 1. The maximum absolute atomic E-state index is 13.9. The van der Waals surface area contributed by atoms with Crippen LogP contribution in [-0.4, -0.2) is 10.2 Å². The molecule has 0 radical (unpaired) electrons. The number of nitrogens with two attached hydrogens (primary N) is 1. The molecule has 0 saturated carbocycles. The molecule has 21 heavy (non-hydrogen) atoms. The van der Waals surface area contributed by atoms with Crippen LogP contribution < -0.4 is 10.5 Å². The summed E-state index contributed by atoms with van der Waals surface area (Å²) in [5, 5.41) is 8.21. The molecule has 1 aromatic heterocycles. The first-order valence-corrected chi connectivity index (χ1v) is 7.60. The van der Waals surface area contributed by atoms with Crippen molar-refractivity contribution in [2.75, 3.05) is 0 Å². The number of halogens is 2. The maximum Gasteiger partial charge on any atom is 0.243 e. The fourth-order valence-electron chi connectivity index (χ4n) is 2.19. The largest absolute Gasteiger partial charge is 0.434 e. The molecular formula is C15H17BrFN3O. The molecule has 0 amide bonds. The third-order valence-electron chi connectivity index (χ3n) is 3.23. The lowest BCUT2D eigenvalue weighted by atomic mass is 10.0. The minimum atomic E-state index is -0.466. The molecule has 0 spiro atoms. The SMILES string of the molecule is CCc1nnc(Oc2ccc(Br)cc2F)c(CN)c1CC. The molecule has 1 heterocycles. The first-order valence-electron chi connectivity index (χ1n) is 6.80. The van der Waals surface area contributed by atoms with Crippen molar-refractivity contribution < 1.29 is 9.13 Å². The van der Waals surface area contributed by atoms with Gasteiger partial charge in [0.2, 0.25) is 5.88 Å². The Kier molecular flexibility index (Phi) is 5.25. The molecule has 0 atom stereocenters. The van der Waals surface area contributed by atoms with Gasteiger partial charge in [0.15, 0.2) is 11.6 Å². The number of benzene rings is 1. The Hall–Kier alpha value is -1.53. The maximum atomic E-state index is 13.9. The van der Waals surface area contributed by atoms with Crippen molar-refractivity contribution in [3.8, 4) is 11.6 Å². The summed E-state index contributed by atoms with van der Waals surface area (Å²) in [5.74, 6) is -0.0898. The molecule has 2 aromatic rings. The molecule has 2 rings (SSSR count). The number of hydrogen-bond donors (Lipinski definition) is 1. The lowest BCUT2D eigenvalue weighted by Crippen LogP contribution is -2.10. The van der Waals surface area contributed by atoms with Crippen LogP contribution in [0.1, 0.15) is 30.7 Å². The summed E-state index contributed by atoms with van der Waals surface area (Å²) in [6.45, 7) is 4.32. The second kappa shape index (κ2) is 6.95. The van der Waals surface area contributed by atoms with Crippen LogP contribution in [0.5, 0.6) is 11.6 Å². The predicted molar refractivity (Wildman–Crippen MR) is 82.9 cm³/mol. The van der Waals surface area contributed by atoms with Crippen molar-refractivity contribution >= 4 is 15.9 Å². The quantitative estimate of drug-likeness (QED) is 0.888. The van der Waals surface area contributed by atoms with Crippen molar-refractivity contribution in [3.05, 3.63) is 45.3 Å². The second-order valence-corrected chi connectivity index (χ2v) is 5.41. The van der Waals surface area contributed by atoms with Crippen molar-refractivity contribution in [2.24, 2.45) is 5.73 Å². The highest BCUT2D eigenvalue weighted by Gasteiger charge is 2.16. The summed E-state index contributed by atoms with van der Waals surface area (Å²) < 4.78 is 20.1. The van der Waals surface area contributed by atoms with Crippen LogP contribution in [0.4, 0.5) is 4.39 Å². The van der Waals surface area contributed by atoms with E-state index in [4.69, 9.17) is 10.5 Å². The first kappa shape index (κ1) is 15.9. The van der Waals surface area contributed by atoms with Gasteiger partial charge in [-0.3, -0.25) is 0 Å². The number of aryl methyl sites for hydroxylation is 1. The van der Waals surface area contributed by atoms with E-state index in [-0.39, 0.29) is 18.2 Å². The van der Waals surface area contributed by atoms with Crippen molar-refractivity contribution in [2.45, 2.75) is 33.2 Å². The average molecular weight is 354 g/mol. The van der Waals surface area contributed by atoms with Crippen molar-refractivity contribution in [3.63, 3.8) is 0 Å². The van der Waals surface area contributed by atoms with E-state index in [1.807, 2.05) is 13.8 Å². The zero-order chi connectivity index (χ0) is 15.4. The Morgan fingerprint density at radius 1 is 1.19 bits per heavy atom. The van der Waals surface area contributed by atoms with Gasteiger partial charge in [0.05, 0.1) is 5.69 Å². The molecule has 112 valence electrons. The zero-order valence-electron chi connectivity index (χ0n) is 12.0. The van der Waals surface area contributed by atoms with Gasteiger partial charge in [-0.1, -0.05) is 29.8 Å². The van der Waals surface area contributed by atoms with E-state index < -0.39 is 5.82 Å². The standard InChI is InChI=1S/C15H17BrFN3O/c1-3-10-11(8-18)15(20-19-13(10)4-2)21-14-6-5-9(16)7-12(14)17/h5-7H,3-4,8,18H2,1-2H3. The summed E-state index contributed by atoms with van der Waals surface area (Å²) in [5.41, 5.74) is 8.54. The molecule has 2 N–H and O–H groups in total. The van der Waals surface area contributed by atoms with E-state index in [2.05, 4.69) is 26.1 Å². The van der Waals surface area contributed by atoms with Gasteiger partial charge in [-0.25, -0.2) is 4.39 Å². The molecule has 0 unspecified atom stereocenters. The smallest absolute Gasteiger partial charge is 0.243 e. The van der Waals surface area contributed by atoms with Crippen LogP contribution in [0.3, 0.4) is 0 Å². The Balaban J connectivity index is 2.44. The summed E-state index contributed by atoms with van der Waals surface area (Å²) in [7, 11) is 0. The molecule has 4 nitrogen and oxygen atoms in total. The first-order chi connectivity index (χ1) is 10.1. The summed E-state index contributed by atoms with van der Waals surface area (Å²) in [4.78, 5) is 0. The Labute approximate surface area is 131 Å². The summed E-state index contributed by atoms with van der Waals surface area (Å²) >= 11 is 3.21.